The lowest BCUT2D eigenvalue weighted by Crippen LogP contribution is -2.44. The van der Waals surface area contributed by atoms with Gasteiger partial charge >= 0.3 is 0 Å². The minimum atomic E-state index is 0.380. The predicted octanol–water partition coefficient (Wildman–Crippen LogP) is 5.87. The maximum absolute atomic E-state index is 2.58. The molecule has 0 heterocycles. The van der Waals surface area contributed by atoms with Crippen molar-refractivity contribution in [3.8, 4) is 0 Å². The molecule has 1 saturated carbocycles. The van der Waals surface area contributed by atoms with Gasteiger partial charge in [-0.15, -0.1) is 0 Å². The molecule has 2 aromatic carbocycles. The molecule has 110 valence electrons. The standard InChI is InChI=1S/C21H26/c1-4-16-11-13-21(3)19-10-9-15-7-5-6-8-17(15)18(19)12-14-20(16,21)2/h5-10,16H,4,11-14H2,1-3H3/t16-,20+,21-/m0/s1. The van der Waals surface area contributed by atoms with Gasteiger partial charge in [-0.25, -0.2) is 0 Å². The fraction of sp³-hybridized carbons (Fsp3) is 0.524. The summed E-state index contributed by atoms with van der Waals surface area (Å²) in [5.41, 5.74) is 4.18. The van der Waals surface area contributed by atoms with Gasteiger partial charge in [-0.3, -0.25) is 0 Å². The van der Waals surface area contributed by atoms with Crippen molar-refractivity contribution >= 4 is 10.8 Å². The first-order chi connectivity index (χ1) is 10.1. The van der Waals surface area contributed by atoms with E-state index in [0.717, 1.165) is 5.92 Å². The van der Waals surface area contributed by atoms with Crippen LogP contribution in [0.5, 0.6) is 0 Å². The van der Waals surface area contributed by atoms with Gasteiger partial charge in [-0.2, -0.15) is 0 Å². The summed E-state index contributed by atoms with van der Waals surface area (Å²) in [4.78, 5) is 0. The molecule has 0 nitrogen and oxygen atoms in total. The monoisotopic (exact) mass is 278 g/mol. The first-order valence-electron chi connectivity index (χ1n) is 8.61. The lowest BCUT2D eigenvalue weighted by atomic mass is 9.54. The Kier molecular flexibility index (Phi) is 2.77. The van der Waals surface area contributed by atoms with Crippen LogP contribution in [0.2, 0.25) is 0 Å². The highest BCUT2D eigenvalue weighted by Crippen LogP contribution is 2.63. The molecule has 21 heavy (non-hydrogen) atoms. The van der Waals surface area contributed by atoms with Crippen LogP contribution in [0, 0.1) is 11.3 Å². The molecule has 0 amide bonds. The molecule has 0 radical (unpaired) electrons. The van der Waals surface area contributed by atoms with Gasteiger partial charge in [0.2, 0.25) is 0 Å². The van der Waals surface area contributed by atoms with Crippen molar-refractivity contribution in [3.05, 3.63) is 47.5 Å². The quantitative estimate of drug-likeness (QED) is 0.612. The zero-order valence-corrected chi connectivity index (χ0v) is 13.6. The van der Waals surface area contributed by atoms with E-state index in [1.165, 1.54) is 42.9 Å². The Hall–Kier alpha value is -1.30. The summed E-state index contributed by atoms with van der Waals surface area (Å²) in [6, 6.07) is 13.7. The van der Waals surface area contributed by atoms with Crippen LogP contribution in [0.4, 0.5) is 0 Å². The lowest BCUT2D eigenvalue weighted by molar-refractivity contribution is 0.105. The molecule has 2 aliphatic carbocycles. The zero-order valence-electron chi connectivity index (χ0n) is 13.6. The molecule has 0 aromatic heterocycles. The molecule has 0 saturated heterocycles. The van der Waals surface area contributed by atoms with E-state index in [0.29, 0.717) is 10.8 Å². The van der Waals surface area contributed by atoms with Crippen molar-refractivity contribution in [3.63, 3.8) is 0 Å². The minimum absolute atomic E-state index is 0.380. The third kappa shape index (κ3) is 1.57. The summed E-state index contributed by atoms with van der Waals surface area (Å²) in [7, 11) is 0. The van der Waals surface area contributed by atoms with Crippen molar-refractivity contribution < 1.29 is 0 Å². The Morgan fingerprint density at radius 3 is 2.67 bits per heavy atom. The highest BCUT2D eigenvalue weighted by atomic mass is 14.6. The van der Waals surface area contributed by atoms with E-state index in [-0.39, 0.29) is 0 Å². The Morgan fingerprint density at radius 1 is 1.05 bits per heavy atom. The molecular formula is C21H26. The summed E-state index contributed by atoms with van der Waals surface area (Å²) >= 11 is 0. The largest absolute Gasteiger partial charge is 0.0651 e. The average Bonchev–Trinajstić information content (AvgIpc) is 2.78. The second-order valence-corrected chi connectivity index (χ2v) is 7.71. The molecule has 0 heteroatoms. The van der Waals surface area contributed by atoms with Crippen molar-refractivity contribution in [2.24, 2.45) is 11.3 Å². The van der Waals surface area contributed by atoms with Crippen LogP contribution in [0.15, 0.2) is 36.4 Å². The molecule has 0 bridgehead atoms. The predicted molar refractivity (Wildman–Crippen MR) is 90.7 cm³/mol. The first kappa shape index (κ1) is 13.4. The molecule has 0 unspecified atom stereocenters. The second-order valence-electron chi connectivity index (χ2n) is 7.71. The van der Waals surface area contributed by atoms with E-state index in [1.807, 2.05) is 0 Å². The highest BCUT2D eigenvalue weighted by Gasteiger charge is 2.56. The fourth-order valence-corrected chi connectivity index (χ4v) is 5.60. The van der Waals surface area contributed by atoms with E-state index < -0.39 is 0 Å². The Labute approximate surface area is 128 Å². The smallest absolute Gasteiger partial charge is 0.00157 e. The topological polar surface area (TPSA) is 0 Å². The van der Waals surface area contributed by atoms with Gasteiger partial charge in [0.15, 0.2) is 0 Å². The van der Waals surface area contributed by atoms with Crippen LogP contribution < -0.4 is 0 Å². The van der Waals surface area contributed by atoms with Gasteiger partial charge in [-0.05, 0) is 64.3 Å². The van der Waals surface area contributed by atoms with Crippen LogP contribution >= 0.6 is 0 Å². The maximum Gasteiger partial charge on any atom is -0.00157 e. The highest BCUT2D eigenvalue weighted by molar-refractivity contribution is 5.87. The van der Waals surface area contributed by atoms with Gasteiger partial charge in [0.25, 0.3) is 0 Å². The van der Waals surface area contributed by atoms with Gasteiger partial charge in [0.1, 0.15) is 0 Å². The number of benzene rings is 2. The van der Waals surface area contributed by atoms with E-state index in [1.54, 1.807) is 11.1 Å². The Balaban J connectivity index is 1.96. The minimum Gasteiger partial charge on any atom is -0.0651 e. The van der Waals surface area contributed by atoms with E-state index in [2.05, 4.69) is 57.2 Å². The van der Waals surface area contributed by atoms with E-state index in [4.69, 9.17) is 0 Å². The van der Waals surface area contributed by atoms with Gasteiger partial charge in [-0.1, -0.05) is 63.6 Å². The normalized spacial score (nSPS) is 34.7. The van der Waals surface area contributed by atoms with Crippen molar-refractivity contribution in [1.29, 1.82) is 0 Å². The molecule has 2 aliphatic rings. The molecule has 0 N–H and O–H groups in total. The number of fused-ring (bicyclic) bond motifs is 5. The van der Waals surface area contributed by atoms with E-state index in [9.17, 15) is 0 Å². The van der Waals surface area contributed by atoms with Crippen LogP contribution in [0.1, 0.15) is 57.6 Å². The Bertz CT molecular complexity index is 698. The van der Waals surface area contributed by atoms with Crippen LogP contribution in [0.25, 0.3) is 10.8 Å². The summed E-state index contributed by atoms with van der Waals surface area (Å²) in [6.07, 6.45) is 6.75. The summed E-state index contributed by atoms with van der Waals surface area (Å²) in [5.74, 6) is 0.905. The second kappa shape index (κ2) is 4.35. The molecule has 3 atom stereocenters. The average molecular weight is 278 g/mol. The van der Waals surface area contributed by atoms with Crippen molar-refractivity contribution in [1.82, 2.24) is 0 Å². The third-order valence-electron chi connectivity index (χ3n) is 7.18. The van der Waals surface area contributed by atoms with Gasteiger partial charge in [0.05, 0.1) is 0 Å². The Morgan fingerprint density at radius 2 is 1.86 bits per heavy atom. The lowest BCUT2D eigenvalue weighted by Gasteiger charge is -2.49. The molecule has 0 spiro atoms. The fourth-order valence-electron chi connectivity index (χ4n) is 5.60. The van der Waals surface area contributed by atoms with Crippen molar-refractivity contribution in [2.45, 2.75) is 58.3 Å². The number of aryl methyl sites for hydroxylation is 1. The summed E-state index contributed by atoms with van der Waals surface area (Å²) in [6.45, 7) is 7.51. The molecular weight excluding hydrogens is 252 g/mol. The number of hydrogen-bond donors (Lipinski definition) is 0. The molecule has 1 fully saturated rings. The van der Waals surface area contributed by atoms with Crippen LogP contribution in [0.3, 0.4) is 0 Å². The van der Waals surface area contributed by atoms with Crippen LogP contribution in [-0.4, -0.2) is 0 Å². The number of hydrogen-bond acceptors (Lipinski definition) is 0. The summed E-state index contributed by atoms with van der Waals surface area (Å²) < 4.78 is 0. The third-order valence-corrected chi connectivity index (χ3v) is 7.18. The van der Waals surface area contributed by atoms with Crippen molar-refractivity contribution in [2.75, 3.05) is 0 Å². The van der Waals surface area contributed by atoms with Gasteiger partial charge in [0, 0.05) is 0 Å². The van der Waals surface area contributed by atoms with E-state index >= 15 is 0 Å². The summed E-state index contributed by atoms with van der Waals surface area (Å²) in [5, 5.41) is 2.91. The molecule has 2 aromatic rings. The molecule has 0 aliphatic heterocycles. The maximum atomic E-state index is 2.58. The first-order valence-corrected chi connectivity index (χ1v) is 8.61. The SMILES string of the molecule is CC[C@H]1CC[C@@]2(C)c3ccc4ccccc4c3CC[C@]12C. The number of rotatable bonds is 1. The van der Waals surface area contributed by atoms with Gasteiger partial charge < -0.3 is 0 Å². The van der Waals surface area contributed by atoms with Crippen LogP contribution in [-0.2, 0) is 11.8 Å². The molecule has 4 rings (SSSR count). The zero-order chi connectivity index (χ0) is 14.7.